The Hall–Kier alpha value is -2.38. The summed E-state index contributed by atoms with van der Waals surface area (Å²) in [7, 11) is 0. The molecule has 1 aliphatic heterocycles. The summed E-state index contributed by atoms with van der Waals surface area (Å²) >= 11 is 1.38. The van der Waals surface area contributed by atoms with Gasteiger partial charge in [-0.2, -0.15) is 0 Å². The van der Waals surface area contributed by atoms with Gasteiger partial charge in [0, 0.05) is 17.7 Å². The fourth-order valence-electron chi connectivity index (χ4n) is 3.82. The van der Waals surface area contributed by atoms with Crippen LogP contribution in [-0.4, -0.2) is 28.6 Å². The van der Waals surface area contributed by atoms with E-state index in [1.165, 1.54) is 23.5 Å². The molecule has 0 unspecified atom stereocenters. The fraction of sp³-hybridized carbons (Fsp3) is 0.381. The summed E-state index contributed by atoms with van der Waals surface area (Å²) in [4.78, 5) is 23.5. The van der Waals surface area contributed by atoms with Crippen LogP contribution in [0.5, 0.6) is 0 Å². The molecule has 1 saturated heterocycles. The Bertz CT molecular complexity index is 1030. The van der Waals surface area contributed by atoms with E-state index >= 15 is 0 Å². The Labute approximate surface area is 167 Å². The summed E-state index contributed by atoms with van der Waals surface area (Å²) in [5.41, 5.74) is 2.61. The largest absolute Gasteiger partial charge is 0.376 e. The first-order valence-electron chi connectivity index (χ1n) is 9.36. The van der Waals surface area contributed by atoms with Gasteiger partial charge in [-0.25, -0.2) is 14.4 Å². The third-order valence-electron chi connectivity index (χ3n) is 5.14. The number of fused-ring (bicyclic) bond motifs is 1. The molecule has 5 nitrogen and oxygen atoms in total. The maximum Gasteiger partial charge on any atom is 0.262 e. The van der Waals surface area contributed by atoms with E-state index in [0.29, 0.717) is 17.3 Å². The molecule has 0 radical (unpaired) electrons. The number of aromatic nitrogens is 2. The zero-order chi connectivity index (χ0) is 19.8. The monoisotopic (exact) mass is 399 g/mol. The molecule has 28 heavy (non-hydrogen) atoms. The van der Waals surface area contributed by atoms with Crippen LogP contribution >= 0.6 is 11.3 Å². The smallest absolute Gasteiger partial charge is 0.262 e. The highest BCUT2D eigenvalue weighted by molar-refractivity contribution is 7.20. The van der Waals surface area contributed by atoms with Gasteiger partial charge in [0.15, 0.2) is 0 Å². The van der Waals surface area contributed by atoms with Gasteiger partial charge in [-0.05, 0) is 56.9 Å². The molecule has 0 saturated carbocycles. The number of rotatable bonds is 4. The number of benzene rings is 1. The summed E-state index contributed by atoms with van der Waals surface area (Å²) < 4.78 is 19.2. The van der Waals surface area contributed by atoms with Crippen molar-refractivity contribution in [3.63, 3.8) is 0 Å². The van der Waals surface area contributed by atoms with Gasteiger partial charge in [0.1, 0.15) is 16.5 Å². The highest BCUT2D eigenvalue weighted by Crippen LogP contribution is 2.33. The molecular weight excluding hydrogens is 377 g/mol. The number of carbonyl (C=O) groups is 1. The molecule has 1 amide bonds. The van der Waals surface area contributed by atoms with Gasteiger partial charge in [0.25, 0.3) is 5.91 Å². The number of halogens is 1. The Morgan fingerprint density at radius 1 is 1.25 bits per heavy atom. The van der Waals surface area contributed by atoms with Crippen LogP contribution in [0.25, 0.3) is 10.2 Å². The van der Waals surface area contributed by atoms with E-state index in [1.807, 2.05) is 20.8 Å². The van der Waals surface area contributed by atoms with E-state index in [1.54, 1.807) is 12.1 Å². The van der Waals surface area contributed by atoms with Crippen molar-refractivity contribution < 1.29 is 13.9 Å². The lowest BCUT2D eigenvalue weighted by Crippen LogP contribution is -2.36. The van der Waals surface area contributed by atoms with Crippen LogP contribution in [0.1, 0.15) is 51.2 Å². The molecule has 1 aliphatic rings. The van der Waals surface area contributed by atoms with Crippen LogP contribution in [0.3, 0.4) is 0 Å². The average molecular weight is 399 g/mol. The van der Waals surface area contributed by atoms with Crippen LogP contribution in [0, 0.1) is 26.6 Å². The molecule has 3 heterocycles. The number of ether oxygens (including phenoxy) is 1. The maximum atomic E-state index is 13.4. The van der Waals surface area contributed by atoms with E-state index in [0.717, 1.165) is 39.9 Å². The van der Waals surface area contributed by atoms with E-state index in [4.69, 9.17) is 4.74 Å². The second kappa shape index (κ2) is 7.56. The average Bonchev–Trinajstić information content (AvgIpc) is 3.28. The number of nitrogens with one attached hydrogen (secondary N) is 1. The molecule has 0 spiro atoms. The van der Waals surface area contributed by atoms with E-state index in [2.05, 4.69) is 15.3 Å². The van der Waals surface area contributed by atoms with Gasteiger partial charge in [-0.1, -0.05) is 12.1 Å². The van der Waals surface area contributed by atoms with Gasteiger partial charge in [0.2, 0.25) is 0 Å². The second-order valence-corrected chi connectivity index (χ2v) is 8.15. The van der Waals surface area contributed by atoms with Crippen LogP contribution < -0.4 is 5.32 Å². The Kier molecular flexibility index (Phi) is 5.12. The summed E-state index contributed by atoms with van der Waals surface area (Å²) in [6.45, 7) is 6.39. The Morgan fingerprint density at radius 3 is 2.68 bits per heavy atom. The molecule has 2 aromatic heterocycles. The number of amides is 1. The number of aryl methyl sites for hydroxylation is 3. The van der Waals surface area contributed by atoms with Crippen molar-refractivity contribution in [3.8, 4) is 0 Å². The zero-order valence-electron chi connectivity index (χ0n) is 16.1. The first kappa shape index (κ1) is 19.0. The predicted octanol–water partition coefficient (Wildman–Crippen LogP) is 4.41. The SMILES string of the molecule is Cc1nc(C)c2c(C)c(C(=O)N[C@H](c3ccc(F)cc3)[C@H]3CCCO3)sc2n1. The lowest BCUT2D eigenvalue weighted by molar-refractivity contribution is 0.0674. The number of hydrogen-bond donors (Lipinski definition) is 1. The molecule has 4 rings (SSSR count). The first-order chi connectivity index (χ1) is 13.4. The first-order valence-corrected chi connectivity index (χ1v) is 10.2. The van der Waals surface area contributed by atoms with Crippen molar-refractivity contribution in [2.24, 2.45) is 0 Å². The van der Waals surface area contributed by atoms with Crippen LogP contribution in [0.15, 0.2) is 24.3 Å². The molecule has 0 bridgehead atoms. The van der Waals surface area contributed by atoms with Crippen molar-refractivity contribution in [1.82, 2.24) is 15.3 Å². The lowest BCUT2D eigenvalue weighted by Gasteiger charge is -2.24. The van der Waals surface area contributed by atoms with Crippen molar-refractivity contribution in [2.45, 2.75) is 45.8 Å². The highest BCUT2D eigenvalue weighted by Gasteiger charge is 2.30. The summed E-state index contributed by atoms with van der Waals surface area (Å²) in [5.74, 6) is 0.232. The molecular formula is C21H22FN3O2S. The Morgan fingerprint density at radius 2 is 2.00 bits per heavy atom. The predicted molar refractivity (Wildman–Crippen MR) is 107 cm³/mol. The molecule has 1 fully saturated rings. The standard InChI is InChI=1S/C21H22FN3O2S/c1-11-17-12(2)23-13(3)24-21(17)28-19(11)20(26)25-18(16-5-4-10-27-16)14-6-8-15(22)9-7-14/h6-9,16,18H,4-5,10H2,1-3H3,(H,25,26)/t16-,18-/m1/s1. The molecule has 146 valence electrons. The van der Waals surface area contributed by atoms with Gasteiger partial charge in [-0.3, -0.25) is 4.79 Å². The number of carbonyl (C=O) groups excluding carboxylic acids is 1. The normalized spacial score (nSPS) is 17.8. The number of thiophene rings is 1. The summed E-state index contributed by atoms with van der Waals surface area (Å²) in [6.07, 6.45) is 1.69. The maximum absolute atomic E-state index is 13.4. The third kappa shape index (κ3) is 3.52. The minimum Gasteiger partial charge on any atom is -0.376 e. The van der Waals surface area contributed by atoms with Crippen LogP contribution in [0.2, 0.25) is 0 Å². The molecule has 3 aromatic rings. The minimum atomic E-state index is -0.325. The molecule has 1 aromatic carbocycles. The van der Waals surface area contributed by atoms with Crippen LogP contribution in [0.4, 0.5) is 4.39 Å². The molecule has 2 atom stereocenters. The topological polar surface area (TPSA) is 64.1 Å². The second-order valence-electron chi connectivity index (χ2n) is 7.15. The van der Waals surface area contributed by atoms with Crippen molar-refractivity contribution >= 4 is 27.5 Å². The van der Waals surface area contributed by atoms with Crippen molar-refractivity contribution in [1.29, 1.82) is 0 Å². The van der Waals surface area contributed by atoms with Gasteiger partial charge in [0.05, 0.1) is 17.0 Å². The summed E-state index contributed by atoms with van der Waals surface area (Å²) in [5, 5.41) is 4.06. The fourth-order valence-corrected chi connectivity index (χ4v) is 5.00. The zero-order valence-corrected chi connectivity index (χ0v) is 16.9. The van der Waals surface area contributed by atoms with Gasteiger partial charge < -0.3 is 10.1 Å². The highest BCUT2D eigenvalue weighted by atomic mass is 32.1. The quantitative estimate of drug-likeness (QED) is 0.706. The van der Waals surface area contributed by atoms with Gasteiger partial charge >= 0.3 is 0 Å². The Balaban J connectivity index is 1.68. The van der Waals surface area contributed by atoms with Crippen LogP contribution in [-0.2, 0) is 4.74 Å². The van der Waals surface area contributed by atoms with Crippen molar-refractivity contribution in [3.05, 3.63) is 57.6 Å². The minimum absolute atomic E-state index is 0.118. The van der Waals surface area contributed by atoms with Crippen molar-refractivity contribution in [2.75, 3.05) is 6.61 Å². The molecule has 0 aliphatic carbocycles. The molecule has 1 N–H and O–H groups in total. The molecule has 7 heteroatoms. The number of nitrogens with zero attached hydrogens (tertiary/aromatic N) is 2. The van der Waals surface area contributed by atoms with E-state index < -0.39 is 0 Å². The lowest BCUT2D eigenvalue weighted by atomic mass is 9.99. The van der Waals surface area contributed by atoms with E-state index in [-0.39, 0.29) is 23.9 Å². The summed E-state index contributed by atoms with van der Waals surface area (Å²) in [6, 6.07) is 5.91. The van der Waals surface area contributed by atoms with E-state index in [9.17, 15) is 9.18 Å². The van der Waals surface area contributed by atoms with Gasteiger partial charge in [-0.15, -0.1) is 11.3 Å². The third-order valence-corrected chi connectivity index (χ3v) is 6.33. The number of hydrogen-bond acceptors (Lipinski definition) is 5.